The molecule has 1 aromatic carbocycles. The van der Waals surface area contributed by atoms with Crippen LogP contribution in [0.5, 0.6) is 11.5 Å². The number of thioether (sulfide) groups is 1. The van der Waals surface area contributed by atoms with Crippen LogP contribution in [0.4, 0.5) is 0 Å². The molecule has 23 heavy (non-hydrogen) atoms. The Morgan fingerprint density at radius 1 is 1.26 bits per heavy atom. The molecular weight excluding hydrogens is 334 g/mol. The van der Waals surface area contributed by atoms with Gasteiger partial charge in [0.15, 0.2) is 11.5 Å². The highest BCUT2D eigenvalue weighted by Crippen LogP contribution is 2.32. The number of rotatable bonds is 7. The van der Waals surface area contributed by atoms with Gasteiger partial charge in [-0.1, -0.05) is 30.0 Å². The van der Waals surface area contributed by atoms with E-state index in [9.17, 15) is 4.79 Å². The van der Waals surface area contributed by atoms with Crippen molar-refractivity contribution in [2.45, 2.75) is 13.3 Å². The van der Waals surface area contributed by atoms with Gasteiger partial charge < -0.3 is 14.2 Å². The molecule has 124 valence electrons. The molecule has 0 unspecified atom stereocenters. The van der Waals surface area contributed by atoms with Crippen molar-refractivity contribution in [3.05, 3.63) is 34.9 Å². The molecule has 7 heteroatoms. The molecule has 1 fully saturated rings. The molecule has 2 rings (SSSR count). The zero-order chi connectivity index (χ0) is 16.8. The summed E-state index contributed by atoms with van der Waals surface area (Å²) in [5, 5.41) is 0. The van der Waals surface area contributed by atoms with Gasteiger partial charge in [-0.05, 0) is 31.0 Å². The van der Waals surface area contributed by atoms with Gasteiger partial charge in [0.2, 0.25) is 0 Å². The summed E-state index contributed by atoms with van der Waals surface area (Å²) in [4.78, 5) is 14.4. The first-order valence-corrected chi connectivity index (χ1v) is 8.39. The minimum atomic E-state index is -0.103. The highest BCUT2D eigenvalue weighted by atomic mass is 32.2. The maximum atomic E-state index is 12.3. The predicted molar refractivity (Wildman–Crippen MR) is 94.9 cm³/mol. The molecule has 0 N–H and O–H groups in total. The van der Waals surface area contributed by atoms with Crippen molar-refractivity contribution in [1.29, 1.82) is 0 Å². The zero-order valence-electron chi connectivity index (χ0n) is 13.3. The number of amides is 1. The summed E-state index contributed by atoms with van der Waals surface area (Å²) in [6.07, 6.45) is 2.16. The van der Waals surface area contributed by atoms with E-state index in [1.165, 1.54) is 18.0 Å². The van der Waals surface area contributed by atoms with E-state index < -0.39 is 0 Å². The van der Waals surface area contributed by atoms with Crippen molar-refractivity contribution in [2.75, 3.05) is 27.4 Å². The fourth-order valence-corrected chi connectivity index (χ4v) is 3.34. The molecular formula is C16H19NO4S2. The summed E-state index contributed by atoms with van der Waals surface area (Å²) in [6.45, 7) is 2.91. The van der Waals surface area contributed by atoms with E-state index in [4.69, 9.17) is 26.4 Å². The topological polar surface area (TPSA) is 48.0 Å². The molecule has 0 aromatic heterocycles. The van der Waals surface area contributed by atoms with Crippen LogP contribution in [0.3, 0.4) is 0 Å². The maximum absolute atomic E-state index is 12.3. The number of thiocarbonyl (C=S) groups is 1. The molecule has 0 bridgehead atoms. The molecule has 0 spiro atoms. The van der Waals surface area contributed by atoms with Crippen molar-refractivity contribution < 1.29 is 19.0 Å². The van der Waals surface area contributed by atoms with Gasteiger partial charge in [0.1, 0.15) is 15.5 Å². The van der Waals surface area contributed by atoms with E-state index in [0.717, 1.165) is 5.56 Å². The van der Waals surface area contributed by atoms with E-state index in [2.05, 4.69) is 0 Å². The second kappa shape index (κ2) is 8.21. The lowest BCUT2D eigenvalue weighted by atomic mass is 10.1. The number of benzene rings is 1. The molecule has 1 aliphatic heterocycles. The van der Waals surface area contributed by atoms with Crippen molar-refractivity contribution in [1.82, 2.24) is 4.90 Å². The van der Waals surface area contributed by atoms with E-state index in [-0.39, 0.29) is 5.91 Å². The molecule has 1 heterocycles. The second-order valence-corrected chi connectivity index (χ2v) is 6.38. The average molecular weight is 353 g/mol. The zero-order valence-corrected chi connectivity index (χ0v) is 15.0. The van der Waals surface area contributed by atoms with E-state index in [1.807, 2.05) is 25.1 Å². The lowest BCUT2D eigenvalue weighted by Gasteiger charge is -2.15. The summed E-state index contributed by atoms with van der Waals surface area (Å²) < 4.78 is 16.3. The third kappa shape index (κ3) is 4.17. The van der Waals surface area contributed by atoms with Gasteiger partial charge >= 0.3 is 0 Å². The van der Waals surface area contributed by atoms with Crippen molar-refractivity contribution in [3.8, 4) is 11.5 Å². The number of carbonyl (C=O) groups excluding carboxylic acids is 1. The first kappa shape index (κ1) is 17.6. The maximum Gasteiger partial charge on any atom is 0.269 e. The van der Waals surface area contributed by atoms with Crippen LogP contribution in [0.2, 0.25) is 0 Å². The number of nitrogens with zero attached hydrogens (tertiary/aromatic N) is 1. The van der Waals surface area contributed by atoms with Gasteiger partial charge in [-0.2, -0.15) is 0 Å². The van der Waals surface area contributed by atoms with Crippen LogP contribution in [0.1, 0.15) is 12.5 Å². The molecule has 0 saturated carbocycles. The van der Waals surface area contributed by atoms with Crippen molar-refractivity contribution in [2.24, 2.45) is 0 Å². The lowest BCUT2D eigenvalue weighted by Crippen LogP contribution is -2.30. The number of carbonyl (C=O) groups is 1. The fourth-order valence-electron chi connectivity index (χ4n) is 2.11. The highest BCUT2D eigenvalue weighted by Gasteiger charge is 2.32. The Balaban J connectivity index is 2.03. The average Bonchev–Trinajstić information content (AvgIpc) is 2.84. The Labute approximate surface area is 145 Å². The normalized spacial score (nSPS) is 16.1. The van der Waals surface area contributed by atoms with Crippen LogP contribution in [0.25, 0.3) is 0 Å². The van der Waals surface area contributed by atoms with Crippen LogP contribution in [-0.4, -0.2) is 42.5 Å². The minimum absolute atomic E-state index is 0.103. The van der Waals surface area contributed by atoms with Gasteiger partial charge in [0.25, 0.3) is 5.91 Å². The molecule has 1 aliphatic rings. The van der Waals surface area contributed by atoms with E-state index >= 15 is 0 Å². The van der Waals surface area contributed by atoms with Crippen LogP contribution < -0.4 is 9.47 Å². The van der Waals surface area contributed by atoms with E-state index in [1.54, 1.807) is 19.1 Å². The van der Waals surface area contributed by atoms with Crippen LogP contribution >= 0.6 is 24.0 Å². The Hall–Kier alpha value is -1.73. The smallest absolute Gasteiger partial charge is 0.269 e. The molecule has 0 radical (unpaired) electrons. The standard InChI is InChI=1S/C16H19NO4S2/c1-4-21-10-14-15(18)17(16(22)23-14)8-7-11-5-6-12(19-2)13(9-11)20-3/h5-6,9-10H,4,7-8H2,1-3H3. The number of methoxy groups -OCH3 is 2. The summed E-state index contributed by atoms with van der Waals surface area (Å²) in [7, 11) is 3.20. The molecule has 1 saturated heterocycles. The lowest BCUT2D eigenvalue weighted by molar-refractivity contribution is -0.122. The van der Waals surface area contributed by atoms with Crippen LogP contribution in [0, 0.1) is 0 Å². The SMILES string of the molecule is CCOC=C1SC(=S)N(CCc2ccc(OC)c(OC)c2)C1=O. The molecule has 5 nitrogen and oxygen atoms in total. The minimum Gasteiger partial charge on any atom is -0.500 e. The third-order valence-electron chi connectivity index (χ3n) is 3.30. The van der Waals surface area contributed by atoms with Crippen LogP contribution in [0.15, 0.2) is 29.4 Å². The molecule has 0 aliphatic carbocycles. The van der Waals surface area contributed by atoms with Crippen LogP contribution in [-0.2, 0) is 16.0 Å². The number of hydrogen-bond acceptors (Lipinski definition) is 6. The predicted octanol–water partition coefficient (Wildman–Crippen LogP) is 2.98. The third-order valence-corrected chi connectivity index (χ3v) is 4.66. The summed E-state index contributed by atoms with van der Waals surface area (Å²) in [6, 6.07) is 5.72. The van der Waals surface area contributed by atoms with Gasteiger partial charge in [-0.25, -0.2) is 0 Å². The number of hydrogen-bond donors (Lipinski definition) is 0. The Bertz CT molecular complexity index is 631. The monoisotopic (exact) mass is 353 g/mol. The van der Waals surface area contributed by atoms with Gasteiger partial charge in [-0.15, -0.1) is 0 Å². The quantitative estimate of drug-likeness (QED) is 0.427. The van der Waals surface area contributed by atoms with Gasteiger partial charge in [-0.3, -0.25) is 9.69 Å². The Morgan fingerprint density at radius 3 is 2.65 bits per heavy atom. The summed E-state index contributed by atoms with van der Waals surface area (Å²) >= 11 is 6.55. The van der Waals surface area contributed by atoms with Gasteiger partial charge in [0, 0.05) is 6.54 Å². The number of ether oxygens (including phenoxy) is 3. The Kier molecular flexibility index (Phi) is 6.29. The molecule has 1 aromatic rings. The van der Waals surface area contributed by atoms with Gasteiger partial charge in [0.05, 0.1) is 20.8 Å². The summed E-state index contributed by atoms with van der Waals surface area (Å²) in [5.41, 5.74) is 1.05. The summed E-state index contributed by atoms with van der Waals surface area (Å²) in [5.74, 6) is 1.25. The first-order chi connectivity index (χ1) is 11.1. The molecule has 1 amide bonds. The second-order valence-electron chi connectivity index (χ2n) is 4.70. The Morgan fingerprint density at radius 2 is 2.00 bits per heavy atom. The highest BCUT2D eigenvalue weighted by molar-refractivity contribution is 8.26. The fraction of sp³-hybridized carbons (Fsp3) is 0.375. The van der Waals surface area contributed by atoms with Crippen molar-refractivity contribution >= 4 is 34.2 Å². The van der Waals surface area contributed by atoms with E-state index in [0.29, 0.717) is 40.3 Å². The first-order valence-electron chi connectivity index (χ1n) is 7.17. The largest absolute Gasteiger partial charge is 0.500 e. The van der Waals surface area contributed by atoms with Crippen molar-refractivity contribution in [3.63, 3.8) is 0 Å². The molecule has 0 atom stereocenters.